The molecule has 0 N–H and O–H groups in total. The lowest BCUT2D eigenvalue weighted by Gasteiger charge is -2.37. The fraction of sp³-hybridized carbons (Fsp3) is 0.273. The van der Waals surface area contributed by atoms with Gasteiger partial charge < -0.3 is 4.90 Å². The predicted molar refractivity (Wildman–Crippen MR) is 282 cm³/mol. The van der Waals surface area contributed by atoms with Crippen LogP contribution in [0.3, 0.4) is 0 Å². The lowest BCUT2D eigenvalue weighted by atomic mass is 9.66. The standard InChI is InChI=1S/C66H61N/c1-38-31-51-61-57-46(38)23-17-25-49(57)63(3,4)53-34-42(35-54(59(53)61)65(51,7)8)48(33-40-19-13-11-14-20-40)41-27-29-44(30-28-41)67(43-21-15-12-16-22-43)45-36-55-60-56(37-45)66(9,10)52-32-39(2)47-24-18-26-50(64(55,5)6)58(47)62(52)60/h11-30,32,34-37,48,51H,31,33H2,1-10H3. The van der Waals surface area contributed by atoms with E-state index in [9.17, 15) is 0 Å². The molecule has 8 aromatic rings. The predicted octanol–water partition coefficient (Wildman–Crippen LogP) is 15.3. The Morgan fingerprint density at radius 2 is 1.07 bits per heavy atom. The number of hydrogen-bond acceptors (Lipinski definition) is 1. The Kier molecular flexibility index (Phi) is 8.28. The molecular weight excluding hydrogens is 807 g/mol. The van der Waals surface area contributed by atoms with E-state index in [1.807, 2.05) is 0 Å². The number of rotatable bonds is 7. The number of benzene rings is 8. The van der Waals surface area contributed by atoms with Gasteiger partial charge in [-0.15, -0.1) is 0 Å². The fourth-order valence-electron chi connectivity index (χ4n) is 14.2. The maximum Gasteiger partial charge on any atom is 0.0468 e. The highest BCUT2D eigenvalue weighted by Gasteiger charge is 2.50. The van der Waals surface area contributed by atoms with E-state index in [4.69, 9.17) is 0 Å². The van der Waals surface area contributed by atoms with Crippen LogP contribution in [0.2, 0.25) is 0 Å². The van der Waals surface area contributed by atoms with Gasteiger partial charge in [-0.25, -0.2) is 0 Å². The summed E-state index contributed by atoms with van der Waals surface area (Å²) < 4.78 is 0. The summed E-state index contributed by atoms with van der Waals surface area (Å²) in [6.45, 7) is 24.5. The molecule has 0 aromatic heterocycles. The number of aryl methyl sites for hydroxylation is 1. The second-order valence-corrected chi connectivity index (χ2v) is 23.0. The first-order chi connectivity index (χ1) is 32.1. The molecule has 0 aliphatic heterocycles. The van der Waals surface area contributed by atoms with Gasteiger partial charge >= 0.3 is 0 Å². The van der Waals surface area contributed by atoms with E-state index in [2.05, 4.69) is 226 Å². The highest BCUT2D eigenvalue weighted by molar-refractivity contribution is 6.10. The van der Waals surface area contributed by atoms with Crippen LogP contribution in [-0.2, 0) is 28.1 Å². The molecule has 0 bridgehead atoms. The quantitative estimate of drug-likeness (QED) is 0.154. The van der Waals surface area contributed by atoms with Crippen molar-refractivity contribution in [2.75, 3.05) is 4.90 Å². The van der Waals surface area contributed by atoms with E-state index in [1.54, 1.807) is 16.7 Å². The molecule has 1 nitrogen and oxygen atoms in total. The van der Waals surface area contributed by atoms with Crippen LogP contribution < -0.4 is 15.3 Å². The van der Waals surface area contributed by atoms with Crippen molar-refractivity contribution in [3.05, 3.63) is 229 Å². The van der Waals surface area contributed by atoms with Crippen LogP contribution in [0.5, 0.6) is 0 Å². The molecule has 0 heterocycles. The summed E-state index contributed by atoms with van der Waals surface area (Å²) in [7, 11) is 0. The van der Waals surface area contributed by atoms with Gasteiger partial charge in [0.25, 0.3) is 0 Å². The third kappa shape index (κ3) is 5.38. The first-order valence-corrected chi connectivity index (χ1v) is 24.9. The van der Waals surface area contributed by atoms with Gasteiger partial charge in [-0.2, -0.15) is 0 Å². The van der Waals surface area contributed by atoms with Gasteiger partial charge in [0.15, 0.2) is 0 Å². The molecule has 8 aromatic carbocycles. The van der Waals surface area contributed by atoms with Crippen LogP contribution in [0.4, 0.5) is 17.1 Å². The summed E-state index contributed by atoms with van der Waals surface area (Å²) in [5, 5.41) is 5.86. The van der Waals surface area contributed by atoms with Crippen molar-refractivity contribution in [1.29, 1.82) is 0 Å². The SMILES string of the molecule is CC1=c2cccc3c2=C2c4c(cc(C(Cc5ccccc5)c5ccc(N(c6ccccc6)c6cc7c8c(c6)C(C)(C)c6cccc9c(C)cc(c-8c69)C7(C)C)cc5)cc4C(C)(C)C2C1)C3(C)C. The Hall–Kier alpha value is -6.44. The topological polar surface area (TPSA) is 3.24 Å². The Morgan fingerprint density at radius 1 is 0.493 bits per heavy atom. The molecule has 13 rings (SSSR count). The molecule has 1 heteroatoms. The van der Waals surface area contributed by atoms with E-state index in [0.29, 0.717) is 5.92 Å². The van der Waals surface area contributed by atoms with Crippen molar-refractivity contribution in [3.8, 4) is 11.1 Å². The minimum atomic E-state index is -0.176. The second-order valence-electron chi connectivity index (χ2n) is 23.0. The van der Waals surface area contributed by atoms with Crippen molar-refractivity contribution in [3.63, 3.8) is 0 Å². The van der Waals surface area contributed by atoms with E-state index >= 15 is 0 Å². The van der Waals surface area contributed by atoms with Gasteiger partial charge in [-0.3, -0.25) is 0 Å². The third-order valence-electron chi connectivity index (χ3n) is 17.9. The smallest absolute Gasteiger partial charge is 0.0468 e. The zero-order valence-electron chi connectivity index (χ0n) is 40.9. The number of nitrogens with zero attached hydrogens (tertiary/aromatic N) is 1. The van der Waals surface area contributed by atoms with Gasteiger partial charge in [0.1, 0.15) is 0 Å². The molecule has 0 fully saturated rings. The molecule has 0 spiro atoms. The summed E-state index contributed by atoms with van der Waals surface area (Å²) >= 11 is 0. The highest BCUT2D eigenvalue weighted by Crippen LogP contribution is 2.62. The molecule has 2 atom stereocenters. The molecule has 2 unspecified atom stereocenters. The van der Waals surface area contributed by atoms with Crippen LogP contribution in [-0.4, -0.2) is 0 Å². The van der Waals surface area contributed by atoms with Gasteiger partial charge in [0.05, 0.1) is 0 Å². The Balaban J connectivity index is 0.980. The first-order valence-electron chi connectivity index (χ1n) is 24.9. The van der Waals surface area contributed by atoms with Crippen LogP contribution in [0.25, 0.3) is 33.0 Å². The van der Waals surface area contributed by atoms with Crippen molar-refractivity contribution in [2.24, 2.45) is 5.92 Å². The Morgan fingerprint density at radius 3 is 1.79 bits per heavy atom. The highest BCUT2D eigenvalue weighted by atomic mass is 15.1. The van der Waals surface area contributed by atoms with Gasteiger partial charge in [-0.1, -0.05) is 176 Å². The van der Waals surface area contributed by atoms with E-state index in [1.165, 1.54) is 111 Å². The average molecular weight is 868 g/mol. The largest absolute Gasteiger partial charge is 0.310 e. The van der Waals surface area contributed by atoms with Crippen molar-refractivity contribution < 1.29 is 0 Å². The molecule has 0 radical (unpaired) electrons. The van der Waals surface area contributed by atoms with Crippen molar-refractivity contribution >= 4 is 39.0 Å². The average Bonchev–Trinajstić information content (AvgIpc) is 3.69. The number of para-hydroxylation sites is 1. The summed E-state index contributed by atoms with van der Waals surface area (Å²) in [6, 6.07) is 58.8. The van der Waals surface area contributed by atoms with Gasteiger partial charge in [-0.05, 0) is 179 Å². The van der Waals surface area contributed by atoms with E-state index in [0.717, 1.165) is 12.8 Å². The minimum absolute atomic E-state index is 0.0197. The molecule has 5 aliphatic rings. The summed E-state index contributed by atoms with van der Waals surface area (Å²) in [4.78, 5) is 2.51. The van der Waals surface area contributed by atoms with Gasteiger partial charge in [0.2, 0.25) is 0 Å². The van der Waals surface area contributed by atoms with E-state index < -0.39 is 0 Å². The summed E-state index contributed by atoms with van der Waals surface area (Å²) in [5.74, 6) is 0.657. The Labute approximate surface area is 397 Å². The number of anilines is 3. The molecule has 0 amide bonds. The lowest BCUT2D eigenvalue weighted by Crippen LogP contribution is -2.45. The maximum atomic E-state index is 2.64. The van der Waals surface area contributed by atoms with Crippen molar-refractivity contribution in [1.82, 2.24) is 0 Å². The normalized spacial score (nSPS) is 19.1. The zero-order chi connectivity index (χ0) is 46.1. The van der Waals surface area contributed by atoms with Crippen LogP contribution in [0.15, 0.2) is 152 Å². The Bertz CT molecular complexity index is 3580. The molecule has 67 heavy (non-hydrogen) atoms. The maximum absolute atomic E-state index is 2.64. The molecular formula is C66H61N. The fourth-order valence-corrected chi connectivity index (χ4v) is 14.2. The molecule has 0 saturated heterocycles. The van der Waals surface area contributed by atoms with Crippen molar-refractivity contribution in [2.45, 2.75) is 110 Å². The lowest BCUT2D eigenvalue weighted by molar-refractivity contribution is 0.415. The molecule has 0 saturated carbocycles. The number of hydrogen-bond donors (Lipinski definition) is 0. The third-order valence-corrected chi connectivity index (χ3v) is 17.9. The molecule has 330 valence electrons. The van der Waals surface area contributed by atoms with Crippen LogP contribution >= 0.6 is 0 Å². The molecule has 5 aliphatic carbocycles. The summed E-state index contributed by atoms with van der Waals surface area (Å²) in [6.07, 6.45) is 2.06. The van der Waals surface area contributed by atoms with E-state index in [-0.39, 0.29) is 27.6 Å². The van der Waals surface area contributed by atoms with Crippen LogP contribution in [0.1, 0.15) is 141 Å². The van der Waals surface area contributed by atoms with Crippen LogP contribution in [0, 0.1) is 12.8 Å². The zero-order valence-corrected chi connectivity index (χ0v) is 40.9. The van der Waals surface area contributed by atoms with Gasteiger partial charge in [0, 0.05) is 39.2 Å². The monoisotopic (exact) mass is 867 g/mol. The second kappa shape index (κ2) is 13.6. The summed E-state index contributed by atoms with van der Waals surface area (Å²) in [5.41, 5.74) is 26.6. The minimum Gasteiger partial charge on any atom is -0.310 e. The first kappa shape index (κ1) is 40.8.